The zero-order chi connectivity index (χ0) is 22.8. The lowest BCUT2D eigenvalue weighted by Crippen LogP contribution is -2.44. The Balaban J connectivity index is 1.77. The van der Waals surface area contributed by atoms with Gasteiger partial charge in [-0.2, -0.15) is 0 Å². The van der Waals surface area contributed by atoms with Crippen LogP contribution in [0.15, 0.2) is 30.3 Å². The van der Waals surface area contributed by atoms with Gasteiger partial charge in [0.15, 0.2) is 5.78 Å². The summed E-state index contributed by atoms with van der Waals surface area (Å²) >= 11 is 0. The molecule has 31 heavy (non-hydrogen) atoms. The lowest BCUT2D eigenvalue weighted by molar-refractivity contribution is -0.130. The molecule has 2 aromatic rings. The van der Waals surface area contributed by atoms with E-state index in [0.29, 0.717) is 24.2 Å². The minimum atomic E-state index is -1.10. The summed E-state index contributed by atoms with van der Waals surface area (Å²) in [5, 5.41) is 2.72. The summed E-state index contributed by atoms with van der Waals surface area (Å²) < 4.78 is 5.06. The summed E-state index contributed by atoms with van der Waals surface area (Å²) in [5.41, 5.74) is 1.24. The second kappa shape index (κ2) is 8.75. The highest BCUT2D eigenvalue weighted by Crippen LogP contribution is 2.25. The first kappa shape index (κ1) is 22.3. The van der Waals surface area contributed by atoms with E-state index in [-0.39, 0.29) is 17.7 Å². The second-order valence-electron chi connectivity index (χ2n) is 7.91. The number of rotatable bonds is 8. The number of esters is 1. The van der Waals surface area contributed by atoms with Gasteiger partial charge < -0.3 is 15.0 Å². The van der Waals surface area contributed by atoms with Gasteiger partial charge in [-0.05, 0) is 46.1 Å². The van der Waals surface area contributed by atoms with Gasteiger partial charge in [0.05, 0.1) is 24.3 Å². The Morgan fingerprint density at radius 1 is 1.06 bits per heavy atom. The lowest BCUT2D eigenvalue weighted by Gasteiger charge is -2.21. The summed E-state index contributed by atoms with van der Waals surface area (Å²) in [7, 11) is 0. The molecule has 3 rings (SSSR count). The third-order valence-corrected chi connectivity index (χ3v) is 5.54. The molecule has 2 N–H and O–H groups in total. The number of ether oxygens (including phenoxy) is 1. The van der Waals surface area contributed by atoms with Gasteiger partial charge in [0, 0.05) is 11.4 Å². The van der Waals surface area contributed by atoms with Gasteiger partial charge in [0.1, 0.15) is 5.54 Å². The standard InChI is InChI=1S/C23H27N3O5/c1-5-31-20(28)19-15(3)24-14(2)18(19)17(27)13-26-21(29)23(4,25-22(26)30)12-11-16-9-7-6-8-10-16/h6-10,24H,5,11-13H2,1-4H3,(H,25,30)/t23-/m1/s1. The van der Waals surface area contributed by atoms with Crippen LogP contribution in [0.3, 0.4) is 0 Å². The first-order chi connectivity index (χ1) is 14.7. The smallest absolute Gasteiger partial charge is 0.340 e. The van der Waals surface area contributed by atoms with Crippen LogP contribution in [0.4, 0.5) is 4.79 Å². The number of aromatic nitrogens is 1. The van der Waals surface area contributed by atoms with Crippen molar-refractivity contribution >= 4 is 23.7 Å². The molecule has 0 radical (unpaired) electrons. The molecule has 1 aromatic carbocycles. The van der Waals surface area contributed by atoms with Crippen molar-refractivity contribution in [2.45, 2.75) is 46.1 Å². The summed E-state index contributed by atoms with van der Waals surface area (Å²) in [5.74, 6) is -1.57. The average Bonchev–Trinajstić information content (AvgIpc) is 3.14. The predicted octanol–water partition coefficient (Wildman–Crippen LogP) is 2.93. The second-order valence-corrected chi connectivity index (χ2v) is 7.91. The van der Waals surface area contributed by atoms with E-state index >= 15 is 0 Å². The van der Waals surface area contributed by atoms with Crippen molar-refractivity contribution in [1.82, 2.24) is 15.2 Å². The number of amides is 3. The summed E-state index contributed by atoms with van der Waals surface area (Å²) in [6.07, 6.45) is 1.01. The predicted molar refractivity (Wildman–Crippen MR) is 114 cm³/mol. The van der Waals surface area contributed by atoms with Crippen LogP contribution in [0.25, 0.3) is 0 Å². The van der Waals surface area contributed by atoms with E-state index in [0.717, 1.165) is 10.5 Å². The first-order valence-corrected chi connectivity index (χ1v) is 10.3. The minimum absolute atomic E-state index is 0.142. The fourth-order valence-corrected chi connectivity index (χ4v) is 3.91. The first-order valence-electron chi connectivity index (χ1n) is 10.3. The molecule has 1 saturated heterocycles. The quantitative estimate of drug-likeness (QED) is 0.384. The zero-order valence-electron chi connectivity index (χ0n) is 18.2. The summed E-state index contributed by atoms with van der Waals surface area (Å²) in [4.78, 5) is 54.8. The number of urea groups is 1. The molecule has 1 aliphatic rings. The number of Topliss-reactive ketones (excluding diaryl/α,β-unsaturated/α-hetero) is 1. The number of carbonyl (C=O) groups is 4. The van der Waals surface area contributed by atoms with Gasteiger partial charge in [-0.15, -0.1) is 0 Å². The van der Waals surface area contributed by atoms with E-state index in [1.807, 2.05) is 30.3 Å². The normalized spacial score (nSPS) is 18.3. The van der Waals surface area contributed by atoms with Crippen molar-refractivity contribution in [3.63, 3.8) is 0 Å². The van der Waals surface area contributed by atoms with Crippen LogP contribution in [0.5, 0.6) is 0 Å². The number of ketones is 1. The van der Waals surface area contributed by atoms with Crippen LogP contribution in [-0.4, -0.2) is 52.3 Å². The Bertz CT molecular complexity index is 1030. The third kappa shape index (κ3) is 4.38. The SMILES string of the molecule is CCOC(=O)c1c(C)[nH]c(C)c1C(=O)CN1C(=O)N[C@](C)(CCc2ccccc2)C1=O. The number of nitrogens with zero attached hydrogens (tertiary/aromatic N) is 1. The fourth-order valence-electron chi connectivity index (χ4n) is 3.91. The van der Waals surface area contributed by atoms with E-state index in [1.54, 1.807) is 27.7 Å². The Morgan fingerprint density at radius 3 is 2.35 bits per heavy atom. The molecule has 0 unspecified atom stereocenters. The molecule has 8 nitrogen and oxygen atoms in total. The molecule has 1 atom stereocenters. The molecule has 0 spiro atoms. The van der Waals surface area contributed by atoms with E-state index < -0.39 is 35.8 Å². The number of benzene rings is 1. The molecular weight excluding hydrogens is 398 g/mol. The monoisotopic (exact) mass is 425 g/mol. The molecule has 8 heteroatoms. The Labute approximate surface area is 181 Å². The van der Waals surface area contributed by atoms with Gasteiger partial charge in [-0.3, -0.25) is 14.5 Å². The maximum Gasteiger partial charge on any atom is 0.340 e. The summed E-state index contributed by atoms with van der Waals surface area (Å²) in [6, 6.07) is 9.05. The van der Waals surface area contributed by atoms with E-state index in [9.17, 15) is 19.2 Å². The number of hydrogen-bond acceptors (Lipinski definition) is 5. The van der Waals surface area contributed by atoms with Crippen LogP contribution in [-0.2, 0) is 16.0 Å². The van der Waals surface area contributed by atoms with Gasteiger partial charge in [0.2, 0.25) is 0 Å². The van der Waals surface area contributed by atoms with Crippen LogP contribution >= 0.6 is 0 Å². The third-order valence-electron chi connectivity index (χ3n) is 5.54. The van der Waals surface area contributed by atoms with Gasteiger partial charge >= 0.3 is 12.0 Å². The van der Waals surface area contributed by atoms with Gasteiger partial charge in [-0.25, -0.2) is 9.59 Å². The van der Waals surface area contributed by atoms with Crippen molar-refractivity contribution in [3.8, 4) is 0 Å². The fraction of sp³-hybridized carbons (Fsp3) is 0.391. The van der Waals surface area contributed by atoms with Gasteiger partial charge in [-0.1, -0.05) is 30.3 Å². The molecule has 2 heterocycles. The largest absolute Gasteiger partial charge is 0.462 e. The molecule has 1 aromatic heterocycles. The van der Waals surface area contributed by atoms with Crippen LogP contribution in [0.1, 0.15) is 57.9 Å². The van der Waals surface area contributed by atoms with Crippen LogP contribution in [0, 0.1) is 13.8 Å². The molecular formula is C23H27N3O5. The number of aromatic amines is 1. The Kier molecular flexibility index (Phi) is 6.29. The maximum absolute atomic E-state index is 13.0. The molecule has 164 valence electrons. The lowest BCUT2D eigenvalue weighted by atomic mass is 9.93. The van der Waals surface area contributed by atoms with Crippen molar-refractivity contribution in [1.29, 1.82) is 0 Å². The highest BCUT2D eigenvalue weighted by molar-refractivity contribution is 6.14. The molecule has 0 bridgehead atoms. The van der Waals surface area contributed by atoms with Crippen molar-refractivity contribution < 1.29 is 23.9 Å². The Morgan fingerprint density at radius 2 is 1.71 bits per heavy atom. The van der Waals surface area contributed by atoms with Gasteiger partial charge in [0.25, 0.3) is 5.91 Å². The number of imide groups is 1. The zero-order valence-corrected chi connectivity index (χ0v) is 18.2. The number of carbonyl (C=O) groups excluding carboxylic acids is 4. The van der Waals surface area contributed by atoms with E-state index in [4.69, 9.17) is 4.74 Å². The molecule has 0 saturated carbocycles. The van der Waals surface area contributed by atoms with Crippen molar-refractivity contribution in [2.24, 2.45) is 0 Å². The molecule has 1 aliphatic heterocycles. The number of hydrogen-bond donors (Lipinski definition) is 2. The highest BCUT2D eigenvalue weighted by Gasteiger charge is 2.48. The minimum Gasteiger partial charge on any atom is -0.462 e. The average molecular weight is 425 g/mol. The van der Waals surface area contributed by atoms with Crippen LogP contribution < -0.4 is 5.32 Å². The molecule has 0 aliphatic carbocycles. The number of aryl methyl sites for hydroxylation is 3. The van der Waals surface area contributed by atoms with E-state index in [1.165, 1.54) is 0 Å². The van der Waals surface area contributed by atoms with Crippen molar-refractivity contribution in [3.05, 3.63) is 58.4 Å². The number of H-pyrrole nitrogens is 1. The number of nitrogens with one attached hydrogen (secondary N) is 2. The van der Waals surface area contributed by atoms with Crippen LogP contribution in [0.2, 0.25) is 0 Å². The topological polar surface area (TPSA) is 109 Å². The summed E-state index contributed by atoms with van der Waals surface area (Å²) in [6.45, 7) is 6.40. The molecule has 3 amide bonds. The molecule has 1 fully saturated rings. The maximum atomic E-state index is 13.0. The Hall–Kier alpha value is -3.42. The van der Waals surface area contributed by atoms with E-state index in [2.05, 4.69) is 10.3 Å². The highest BCUT2D eigenvalue weighted by atomic mass is 16.5. The van der Waals surface area contributed by atoms with Crippen molar-refractivity contribution in [2.75, 3.05) is 13.2 Å².